The van der Waals surface area contributed by atoms with Gasteiger partial charge in [0.15, 0.2) is 0 Å². The molecule has 0 radical (unpaired) electrons. The Balaban J connectivity index is 1.82. The zero-order valence-corrected chi connectivity index (χ0v) is 10.3. The number of H-pyrrole nitrogens is 1. The minimum absolute atomic E-state index is 0.101. The second kappa shape index (κ2) is 5.39. The van der Waals surface area contributed by atoms with Crippen molar-refractivity contribution in [2.24, 2.45) is 5.92 Å². The number of hydrogen-bond acceptors (Lipinski definition) is 3. The van der Waals surface area contributed by atoms with Crippen LogP contribution >= 0.6 is 11.8 Å². The quantitative estimate of drug-likeness (QED) is 0.850. The van der Waals surface area contributed by atoms with Gasteiger partial charge in [0.1, 0.15) is 5.82 Å². The van der Waals surface area contributed by atoms with Crippen molar-refractivity contribution in [3.05, 3.63) is 11.8 Å². The molecule has 0 atom stereocenters. The monoisotopic (exact) mass is 239 g/mol. The number of hydrogen-bond donors (Lipinski definition) is 2. The predicted octanol–water partition coefficient (Wildman–Crippen LogP) is 2.19. The standard InChI is InChI=1S/C11H17N3OS/c1-8-7-12-14-11(8)13-10(15)6-9-2-4-16-5-3-9/h7,9H,2-6H2,1H3,(H2,12,13,14,15). The van der Waals surface area contributed by atoms with Crippen LogP contribution in [0.5, 0.6) is 0 Å². The molecule has 0 unspecified atom stereocenters. The van der Waals surface area contributed by atoms with E-state index < -0.39 is 0 Å². The molecule has 5 heteroatoms. The molecule has 1 aliphatic heterocycles. The summed E-state index contributed by atoms with van der Waals surface area (Å²) in [6.07, 6.45) is 4.69. The molecule has 0 aliphatic carbocycles. The van der Waals surface area contributed by atoms with Crippen molar-refractivity contribution >= 4 is 23.5 Å². The third kappa shape index (κ3) is 3.01. The Kier molecular flexibility index (Phi) is 3.88. The van der Waals surface area contributed by atoms with Crippen molar-refractivity contribution in [3.8, 4) is 0 Å². The van der Waals surface area contributed by atoms with Gasteiger partial charge in [0, 0.05) is 12.0 Å². The third-order valence-electron chi connectivity index (χ3n) is 2.91. The van der Waals surface area contributed by atoms with Crippen LogP contribution in [0, 0.1) is 12.8 Å². The first-order valence-corrected chi connectivity index (χ1v) is 6.78. The van der Waals surface area contributed by atoms with Crippen molar-refractivity contribution < 1.29 is 4.79 Å². The molecule has 1 saturated heterocycles. The first-order chi connectivity index (χ1) is 7.75. The Labute approximate surface area is 99.6 Å². The molecule has 88 valence electrons. The van der Waals surface area contributed by atoms with Gasteiger partial charge in [0.05, 0.1) is 6.20 Å². The van der Waals surface area contributed by atoms with Gasteiger partial charge in [-0.25, -0.2) is 0 Å². The Hall–Kier alpha value is -0.970. The van der Waals surface area contributed by atoms with Gasteiger partial charge in [0.2, 0.25) is 5.91 Å². The van der Waals surface area contributed by atoms with Crippen LogP contribution in [-0.4, -0.2) is 27.6 Å². The number of carbonyl (C=O) groups excluding carboxylic acids is 1. The summed E-state index contributed by atoms with van der Waals surface area (Å²) in [6.45, 7) is 1.93. The Bertz CT molecular complexity index is 358. The highest BCUT2D eigenvalue weighted by Gasteiger charge is 2.17. The first kappa shape index (κ1) is 11.5. The molecule has 1 aliphatic rings. The molecule has 1 fully saturated rings. The molecular formula is C11H17N3OS. The lowest BCUT2D eigenvalue weighted by atomic mass is 9.98. The number of nitrogens with zero attached hydrogens (tertiary/aromatic N) is 1. The SMILES string of the molecule is Cc1cn[nH]c1NC(=O)CC1CCSCC1. The second-order valence-electron chi connectivity index (χ2n) is 4.24. The van der Waals surface area contributed by atoms with Crippen LogP contribution in [-0.2, 0) is 4.79 Å². The molecule has 0 spiro atoms. The van der Waals surface area contributed by atoms with E-state index in [9.17, 15) is 4.79 Å². The fraction of sp³-hybridized carbons (Fsp3) is 0.636. The van der Waals surface area contributed by atoms with Gasteiger partial charge in [-0.2, -0.15) is 16.9 Å². The van der Waals surface area contributed by atoms with Gasteiger partial charge in [-0.05, 0) is 37.2 Å². The average Bonchev–Trinajstić information content (AvgIpc) is 2.66. The molecule has 16 heavy (non-hydrogen) atoms. The van der Waals surface area contributed by atoms with E-state index >= 15 is 0 Å². The highest BCUT2D eigenvalue weighted by molar-refractivity contribution is 7.99. The lowest BCUT2D eigenvalue weighted by Crippen LogP contribution is -2.20. The van der Waals surface area contributed by atoms with E-state index in [1.54, 1.807) is 6.20 Å². The topological polar surface area (TPSA) is 57.8 Å². The van der Waals surface area contributed by atoms with Crippen LogP contribution in [0.15, 0.2) is 6.20 Å². The number of rotatable bonds is 3. The van der Waals surface area contributed by atoms with Crippen LogP contribution in [0.3, 0.4) is 0 Å². The summed E-state index contributed by atoms with van der Waals surface area (Å²) in [6, 6.07) is 0. The lowest BCUT2D eigenvalue weighted by Gasteiger charge is -2.20. The Morgan fingerprint density at radius 2 is 2.38 bits per heavy atom. The number of aromatic amines is 1. The largest absolute Gasteiger partial charge is 0.311 e. The van der Waals surface area contributed by atoms with E-state index in [4.69, 9.17) is 0 Å². The smallest absolute Gasteiger partial charge is 0.225 e. The fourth-order valence-corrected chi connectivity index (χ4v) is 3.08. The van der Waals surface area contributed by atoms with E-state index in [1.165, 1.54) is 24.3 Å². The molecule has 1 amide bonds. The molecular weight excluding hydrogens is 222 g/mol. The Morgan fingerprint density at radius 1 is 1.62 bits per heavy atom. The molecule has 0 saturated carbocycles. The van der Waals surface area contributed by atoms with Crippen molar-refractivity contribution in [1.29, 1.82) is 0 Å². The molecule has 1 aromatic rings. The van der Waals surface area contributed by atoms with E-state index in [1.807, 2.05) is 18.7 Å². The number of thioether (sulfide) groups is 1. The summed E-state index contributed by atoms with van der Waals surface area (Å²) in [5.41, 5.74) is 0.979. The molecule has 2 rings (SSSR count). The number of nitrogens with one attached hydrogen (secondary N) is 2. The van der Waals surface area contributed by atoms with Crippen molar-refractivity contribution in [2.75, 3.05) is 16.8 Å². The van der Waals surface area contributed by atoms with Crippen molar-refractivity contribution in [1.82, 2.24) is 10.2 Å². The minimum atomic E-state index is 0.101. The molecule has 2 heterocycles. The van der Waals surface area contributed by atoms with Gasteiger partial charge in [-0.1, -0.05) is 0 Å². The molecule has 4 nitrogen and oxygen atoms in total. The van der Waals surface area contributed by atoms with Crippen LogP contribution in [0.4, 0.5) is 5.82 Å². The van der Waals surface area contributed by atoms with E-state index in [0.717, 1.165) is 11.4 Å². The predicted molar refractivity (Wildman–Crippen MR) is 66.6 cm³/mol. The van der Waals surface area contributed by atoms with Crippen LogP contribution in [0.1, 0.15) is 24.8 Å². The van der Waals surface area contributed by atoms with Gasteiger partial charge in [-0.3, -0.25) is 9.89 Å². The number of aromatic nitrogens is 2. The van der Waals surface area contributed by atoms with E-state index in [0.29, 0.717) is 12.3 Å². The molecule has 0 bridgehead atoms. The van der Waals surface area contributed by atoms with E-state index in [-0.39, 0.29) is 5.91 Å². The molecule has 0 aromatic carbocycles. The van der Waals surface area contributed by atoms with Gasteiger partial charge >= 0.3 is 0 Å². The van der Waals surface area contributed by atoms with Gasteiger partial charge < -0.3 is 5.32 Å². The molecule has 1 aromatic heterocycles. The number of aryl methyl sites for hydroxylation is 1. The van der Waals surface area contributed by atoms with Crippen LogP contribution < -0.4 is 5.32 Å². The van der Waals surface area contributed by atoms with Gasteiger partial charge in [-0.15, -0.1) is 0 Å². The maximum absolute atomic E-state index is 11.8. The van der Waals surface area contributed by atoms with Crippen molar-refractivity contribution in [3.63, 3.8) is 0 Å². The summed E-state index contributed by atoms with van der Waals surface area (Å²) in [5.74, 6) is 3.78. The number of anilines is 1. The Morgan fingerprint density at radius 3 is 3.00 bits per heavy atom. The number of amides is 1. The summed E-state index contributed by atoms with van der Waals surface area (Å²) < 4.78 is 0. The second-order valence-corrected chi connectivity index (χ2v) is 5.46. The average molecular weight is 239 g/mol. The fourth-order valence-electron chi connectivity index (χ4n) is 1.88. The maximum atomic E-state index is 11.8. The highest BCUT2D eigenvalue weighted by atomic mass is 32.2. The van der Waals surface area contributed by atoms with Crippen LogP contribution in [0.25, 0.3) is 0 Å². The van der Waals surface area contributed by atoms with Crippen LogP contribution in [0.2, 0.25) is 0 Å². The first-order valence-electron chi connectivity index (χ1n) is 5.63. The minimum Gasteiger partial charge on any atom is -0.311 e. The zero-order chi connectivity index (χ0) is 11.4. The molecule has 2 N–H and O–H groups in total. The highest BCUT2D eigenvalue weighted by Crippen LogP contribution is 2.25. The van der Waals surface area contributed by atoms with Gasteiger partial charge in [0.25, 0.3) is 0 Å². The zero-order valence-electron chi connectivity index (χ0n) is 9.45. The summed E-state index contributed by atoms with van der Waals surface area (Å²) in [4.78, 5) is 11.8. The summed E-state index contributed by atoms with van der Waals surface area (Å²) in [7, 11) is 0. The van der Waals surface area contributed by atoms with E-state index in [2.05, 4.69) is 15.5 Å². The summed E-state index contributed by atoms with van der Waals surface area (Å²) in [5, 5.41) is 9.54. The lowest BCUT2D eigenvalue weighted by molar-refractivity contribution is -0.117. The maximum Gasteiger partial charge on any atom is 0.225 e. The number of carbonyl (C=O) groups is 1. The summed E-state index contributed by atoms with van der Waals surface area (Å²) >= 11 is 1.99. The third-order valence-corrected chi connectivity index (χ3v) is 3.96. The normalized spacial score (nSPS) is 17.3. The van der Waals surface area contributed by atoms with Crippen molar-refractivity contribution in [2.45, 2.75) is 26.2 Å².